The molecule has 0 aliphatic rings. The molecular weight excluding hydrogens is 292 g/mol. The van der Waals surface area contributed by atoms with E-state index in [1.54, 1.807) is 12.1 Å². The summed E-state index contributed by atoms with van der Waals surface area (Å²) in [4.78, 5) is 23.7. The Morgan fingerprint density at radius 1 is 1.17 bits per heavy atom. The van der Waals surface area contributed by atoms with Crippen LogP contribution in [0.15, 0.2) is 54.6 Å². The van der Waals surface area contributed by atoms with E-state index in [4.69, 9.17) is 10.00 Å². The molecule has 0 radical (unpaired) electrons. The fourth-order valence-corrected chi connectivity index (χ4v) is 2.04. The number of carbonyl (C=O) groups is 2. The van der Waals surface area contributed by atoms with Crippen LogP contribution in [0.3, 0.4) is 0 Å². The number of benzene rings is 2. The molecule has 0 unspecified atom stereocenters. The van der Waals surface area contributed by atoms with E-state index in [2.05, 4.69) is 5.32 Å². The predicted molar refractivity (Wildman–Crippen MR) is 84.4 cm³/mol. The molecule has 23 heavy (non-hydrogen) atoms. The average Bonchev–Trinajstić information content (AvgIpc) is 2.60. The van der Waals surface area contributed by atoms with E-state index in [-0.39, 0.29) is 24.1 Å². The third kappa shape index (κ3) is 4.68. The minimum Gasteiger partial charge on any atom is -0.452 e. The van der Waals surface area contributed by atoms with Crippen LogP contribution < -0.4 is 5.32 Å². The molecule has 1 amide bonds. The van der Waals surface area contributed by atoms with Crippen molar-refractivity contribution in [3.05, 3.63) is 71.3 Å². The number of rotatable bonds is 5. The summed E-state index contributed by atoms with van der Waals surface area (Å²) >= 11 is 0. The first kappa shape index (κ1) is 16.2. The van der Waals surface area contributed by atoms with Gasteiger partial charge in [0, 0.05) is 0 Å². The van der Waals surface area contributed by atoms with Crippen molar-refractivity contribution in [1.29, 1.82) is 5.26 Å². The standard InChI is InChI=1S/C18H16N2O3/c1-13(15-7-3-2-4-8-15)20-17(21)12-23-18(22)16-9-5-6-14(10-16)11-19/h2-10,13H,12H2,1H3,(H,20,21)/t13-/m1/s1. The maximum atomic E-state index is 11.9. The molecule has 1 atom stereocenters. The molecule has 1 N–H and O–H groups in total. The van der Waals surface area contributed by atoms with Crippen LogP contribution in [0.5, 0.6) is 0 Å². The minimum absolute atomic E-state index is 0.177. The zero-order valence-electron chi connectivity index (χ0n) is 12.7. The summed E-state index contributed by atoms with van der Waals surface area (Å²) < 4.78 is 4.97. The van der Waals surface area contributed by atoms with E-state index in [1.807, 2.05) is 43.3 Å². The Morgan fingerprint density at radius 3 is 2.61 bits per heavy atom. The third-order valence-electron chi connectivity index (χ3n) is 3.24. The van der Waals surface area contributed by atoms with Gasteiger partial charge in [0.05, 0.1) is 23.2 Å². The van der Waals surface area contributed by atoms with Crippen LogP contribution in [0.2, 0.25) is 0 Å². The molecule has 0 aliphatic heterocycles. The lowest BCUT2D eigenvalue weighted by atomic mass is 10.1. The van der Waals surface area contributed by atoms with Crippen molar-refractivity contribution in [2.45, 2.75) is 13.0 Å². The number of nitriles is 1. The first-order valence-corrected chi connectivity index (χ1v) is 7.11. The van der Waals surface area contributed by atoms with Crippen molar-refractivity contribution in [1.82, 2.24) is 5.32 Å². The van der Waals surface area contributed by atoms with Crippen LogP contribution in [0.4, 0.5) is 0 Å². The summed E-state index contributed by atoms with van der Waals surface area (Å²) in [7, 11) is 0. The van der Waals surface area contributed by atoms with Crippen molar-refractivity contribution in [3.8, 4) is 6.07 Å². The van der Waals surface area contributed by atoms with Crippen LogP contribution in [0, 0.1) is 11.3 Å². The van der Waals surface area contributed by atoms with Crippen molar-refractivity contribution < 1.29 is 14.3 Å². The van der Waals surface area contributed by atoms with Gasteiger partial charge in [0.15, 0.2) is 6.61 Å². The molecule has 2 aromatic rings. The van der Waals surface area contributed by atoms with Crippen LogP contribution in [0.1, 0.15) is 34.5 Å². The van der Waals surface area contributed by atoms with Gasteiger partial charge in [-0.3, -0.25) is 4.79 Å². The lowest BCUT2D eigenvalue weighted by Crippen LogP contribution is -2.31. The second-order valence-electron chi connectivity index (χ2n) is 4.97. The summed E-state index contributed by atoms with van der Waals surface area (Å²) in [6.45, 7) is 1.48. The Labute approximate surface area is 134 Å². The lowest BCUT2D eigenvalue weighted by molar-refractivity contribution is -0.124. The molecule has 0 spiro atoms. The molecule has 2 aromatic carbocycles. The molecule has 5 nitrogen and oxygen atoms in total. The van der Waals surface area contributed by atoms with Gasteiger partial charge in [0.1, 0.15) is 0 Å². The van der Waals surface area contributed by atoms with Gasteiger partial charge in [0.25, 0.3) is 5.91 Å². The van der Waals surface area contributed by atoms with Gasteiger partial charge >= 0.3 is 5.97 Å². The van der Waals surface area contributed by atoms with Crippen LogP contribution in [0.25, 0.3) is 0 Å². The fourth-order valence-electron chi connectivity index (χ4n) is 2.04. The number of esters is 1. The van der Waals surface area contributed by atoms with Gasteiger partial charge in [-0.15, -0.1) is 0 Å². The summed E-state index contributed by atoms with van der Waals surface area (Å²) in [6.07, 6.45) is 0. The minimum atomic E-state index is -0.635. The van der Waals surface area contributed by atoms with Crippen molar-refractivity contribution in [3.63, 3.8) is 0 Å². The molecule has 0 saturated carbocycles. The smallest absolute Gasteiger partial charge is 0.338 e. The van der Waals surface area contributed by atoms with E-state index in [1.165, 1.54) is 12.1 Å². The molecule has 0 bridgehead atoms. The molecule has 0 saturated heterocycles. The van der Waals surface area contributed by atoms with Crippen molar-refractivity contribution in [2.75, 3.05) is 6.61 Å². The summed E-state index contributed by atoms with van der Waals surface area (Å²) in [5, 5.41) is 11.6. The molecule has 0 heterocycles. The molecule has 0 fully saturated rings. The molecule has 2 rings (SSSR count). The Balaban J connectivity index is 1.86. The van der Waals surface area contributed by atoms with E-state index in [9.17, 15) is 9.59 Å². The second-order valence-corrected chi connectivity index (χ2v) is 4.97. The van der Waals surface area contributed by atoms with Gasteiger partial charge in [-0.25, -0.2) is 4.79 Å². The number of carbonyl (C=O) groups excluding carboxylic acids is 2. The van der Waals surface area contributed by atoms with E-state index >= 15 is 0 Å². The van der Waals surface area contributed by atoms with Gasteiger partial charge < -0.3 is 10.1 Å². The van der Waals surface area contributed by atoms with Crippen LogP contribution >= 0.6 is 0 Å². The maximum absolute atomic E-state index is 11.9. The Bertz CT molecular complexity index is 735. The maximum Gasteiger partial charge on any atom is 0.338 e. The Morgan fingerprint density at radius 2 is 1.91 bits per heavy atom. The normalized spacial score (nSPS) is 11.1. The van der Waals surface area contributed by atoms with Crippen molar-refractivity contribution in [2.24, 2.45) is 0 Å². The largest absolute Gasteiger partial charge is 0.452 e. The van der Waals surface area contributed by atoms with E-state index in [0.29, 0.717) is 5.56 Å². The number of hydrogen-bond donors (Lipinski definition) is 1. The topological polar surface area (TPSA) is 79.2 Å². The summed E-state index contributed by atoms with van der Waals surface area (Å²) in [5.74, 6) is -1.02. The van der Waals surface area contributed by atoms with Crippen molar-refractivity contribution >= 4 is 11.9 Å². The Kier molecular flexibility index (Phi) is 5.48. The third-order valence-corrected chi connectivity index (χ3v) is 3.24. The van der Waals surface area contributed by atoms with Gasteiger partial charge in [-0.2, -0.15) is 5.26 Å². The first-order chi connectivity index (χ1) is 11.1. The van der Waals surface area contributed by atoms with E-state index < -0.39 is 5.97 Å². The van der Waals surface area contributed by atoms with Crippen LogP contribution in [-0.2, 0) is 9.53 Å². The van der Waals surface area contributed by atoms with Gasteiger partial charge in [-0.05, 0) is 30.7 Å². The molecule has 0 aliphatic carbocycles. The summed E-state index contributed by atoms with van der Waals surface area (Å²) in [5.41, 5.74) is 1.57. The molecular formula is C18H16N2O3. The van der Waals surface area contributed by atoms with Gasteiger partial charge in [0.2, 0.25) is 0 Å². The highest BCUT2D eigenvalue weighted by Crippen LogP contribution is 2.11. The van der Waals surface area contributed by atoms with E-state index in [0.717, 1.165) is 5.56 Å². The number of hydrogen-bond acceptors (Lipinski definition) is 4. The SMILES string of the molecule is C[C@@H](NC(=O)COC(=O)c1cccc(C#N)c1)c1ccccc1. The van der Waals surface area contributed by atoms with Gasteiger partial charge in [-0.1, -0.05) is 36.4 Å². The monoisotopic (exact) mass is 308 g/mol. The Hall–Kier alpha value is -3.13. The highest BCUT2D eigenvalue weighted by molar-refractivity contribution is 5.91. The number of amides is 1. The predicted octanol–water partition coefficient (Wildman–Crippen LogP) is 2.59. The zero-order chi connectivity index (χ0) is 16.7. The lowest BCUT2D eigenvalue weighted by Gasteiger charge is -2.14. The molecule has 0 aromatic heterocycles. The molecule has 116 valence electrons. The zero-order valence-corrected chi connectivity index (χ0v) is 12.7. The average molecular weight is 308 g/mol. The fraction of sp³-hybridized carbons (Fsp3) is 0.167. The highest BCUT2D eigenvalue weighted by atomic mass is 16.5. The number of nitrogens with zero attached hydrogens (tertiary/aromatic N) is 1. The number of ether oxygens (including phenoxy) is 1. The first-order valence-electron chi connectivity index (χ1n) is 7.11. The highest BCUT2D eigenvalue weighted by Gasteiger charge is 2.13. The summed E-state index contributed by atoms with van der Waals surface area (Å²) in [6, 6.07) is 17.4. The quantitative estimate of drug-likeness (QED) is 0.861. The van der Waals surface area contributed by atoms with Crippen LogP contribution in [-0.4, -0.2) is 18.5 Å². The number of nitrogens with one attached hydrogen (secondary N) is 1. The molecule has 5 heteroatoms. The second kappa shape index (κ2) is 7.76.